The largest absolute Gasteiger partial charge is 0.481 e. The summed E-state index contributed by atoms with van der Waals surface area (Å²) in [5.74, 6) is -1.69. The molecule has 0 fully saturated rings. The number of carbonyl (C=O) groups excluding carboxylic acids is 1. The fourth-order valence-electron chi connectivity index (χ4n) is 1.94. The molecule has 1 unspecified atom stereocenters. The van der Waals surface area contributed by atoms with Gasteiger partial charge in [-0.25, -0.2) is 0 Å². The van der Waals surface area contributed by atoms with Gasteiger partial charge in [-0.05, 0) is 37.1 Å². The number of benzene rings is 1. The van der Waals surface area contributed by atoms with Gasteiger partial charge < -0.3 is 14.7 Å². The van der Waals surface area contributed by atoms with Crippen LogP contribution in [0.3, 0.4) is 0 Å². The highest BCUT2D eigenvalue weighted by molar-refractivity contribution is 5.94. The molecule has 116 valence electrons. The maximum absolute atomic E-state index is 12.5. The fraction of sp³-hybridized carbons (Fsp3) is 0.500. The lowest BCUT2D eigenvalue weighted by molar-refractivity contribution is -0.141. The number of hydrogen-bond donors (Lipinski definition) is 1. The number of carboxylic acid groups (broad SMARTS) is 1. The maximum atomic E-state index is 12.5. The minimum Gasteiger partial charge on any atom is -0.481 e. The van der Waals surface area contributed by atoms with Crippen LogP contribution in [0.15, 0.2) is 18.2 Å². The number of aryl methyl sites for hydroxylation is 2. The van der Waals surface area contributed by atoms with E-state index in [1.807, 2.05) is 26.0 Å². The Morgan fingerprint density at radius 2 is 1.95 bits per heavy atom. The van der Waals surface area contributed by atoms with E-state index in [4.69, 9.17) is 9.84 Å². The molecule has 1 amide bonds. The Hall–Kier alpha value is -1.88. The van der Waals surface area contributed by atoms with Gasteiger partial charge in [-0.3, -0.25) is 9.59 Å². The summed E-state index contributed by atoms with van der Waals surface area (Å²) in [5.41, 5.74) is 2.74. The molecule has 1 aromatic carbocycles. The Bertz CT molecular complexity index is 513. The lowest BCUT2D eigenvalue weighted by Crippen LogP contribution is -2.39. The first-order valence-corrected chi connectivity index (χ1v) is 6.95. The van der Waals surface area contributed by atoms with Crippen LogP contribution in [0.4, 0.5) is 0 Å². The first kappa shape index (κ1) is 17.2. The Morgan fingerprint density at radius 1 is 1.29 bits per heavy atom. The zero-order chi connectivity index (χ0) is 16.0. The zero-order valence-corrected chi connectivity index (χ0v) is 13.0. The monoisotopic (exact) mass is 293 g/mol. The zero-order valence-electron chi connectivity index (χ0n) is 13.0. The molecule has 0 aliphatic rings. The van der Waals surface area contributed by atoms with Crippen LogP contribution in [0.5, 0.6) is 0 Å². The molecule has 1 atom stereocenters. The van der Waals surface area contributed by atoms with E-state index in [0.717, 1.165) is 11.1 Å². The van der Waals surface area contributed by atoms with Gasteiger partial charge in [0.25, 0.3) is 5.91 Å². The van der Waals surface area contributed by atoms with E-state index < -0.39 is 11.9 Å². The number of amides is 1. The average molecular weight is 293 g/mol. The quantitative estimate of drug-likeness (QED) is 0.836. The predicted molar refractivity (Wildman–Crippen MR) is 80.5 cm³/mol. The minimum absolute atomic E-state index is 0.164. The van der Waals surface area contributed by atoms with E-state index in [0.29, 0.717) is 18.7 Å². The third-order valence-electron chi connectivity index (χ3n) is 3.52. The standard InChI is InChI=1S/C16H23NO4/c1-11-5-6-14(9-12(11)2)15(18)17(7-8-21-4)10-13(3)16(19)20/h5-6,9,13H,7-8,10H2,1-4H3,(H,19,20). The summed E-state index contributed by atoms with van der Waals surface area (Å²) in [5, 5.41) is 9.02. The normalized spacial score (nSPS) is 12.0. The molecule has 1 aromatic rings. The number of rotatable bonds is 7. The van der Waals surface area contributed by atoms with E-state index in [1.165, 1.54) is 4.90 Å². The number of aliphatic carboxylic acids is 1. The van der Waals surface area contributed by atoms with Crippen LogP contribution >= 0.6 is 0 Å². The molecule has 0 aromatic heterocycles. The first-order valence-electron chi connectivity index (χ1n) is 6.95. The number of carbonyl (C=O) groups is 2. The molecule has 1 N–H and O–H groups in total. The van der Waals surface area contributed by atoms with Crippen LogP contribution < -0.4 is 0 Å². The SMILES string of the molecule is COCCN(CC(C)C(=O)O)C(=O)c1ccc(C)c(C)c1. The molecule has 5 nitrogen and oxygen atoms in total. The van der Waals surface area contributed by atoms with E-state index in [1.54, 1.807) is 20.1 Å². The van der Waals surface area contributed by atoms with Gasteiger partial charge in [0.15, 0.2) is 0 Å². The molecule has 0 radical (unpaired) electrons. The van der Waals surface area contributed by atoms with E-state index >= 15 is 0 Å². The van der Waals surface area contributed by atoms with Crippen molar-refractivity contribution < 1.29 is 19.4 Å². The lowest BCUT2D eigenvalue weighted by Gasteiger charge is -2.24. The topological polar surface area (TPSA) is 66.8 Å². The Labute approximate surface area is 125 Å². The van der Waals surface area contributed by atoms with Gasteiger partial charge in [-0.1, -0.05) is 13.0 Å². The number of ether oxygens (including phenoxy) is 1. The number of nitrogens with zero attached hydrogens (tertiary/aromatic N) is 1. The third-order valence-corrected chi connectivity index (χ3v) is 3.52. The lowest BCUT2D eigenvalue weighted by atomic mass is 10.0. The molecule has 1 rings (SSSR count). The summed E-state index contributed by atoms with van der Waals surface area (Å²) in [6, 6.07) is 5.51. The molecule has 5 heteroatoms. The second kappa shape index (κ2) is 7.78. The van der Waals surface area contributed by atoms with Crippen molar-refractivity contribution >= 4 is 11.9 Å². The second-order valence-electron chi connectivity index (χ2n) is 5.28. The van der Waals surface area contributed by atoms with Gasteiger partial charge in [0.2, 0.25) is 0 Å². The van der Waals surface area contributed by atoms with Crippen molar-refractivity contribution in [2.45, 2.75) is 20.8 Å². The van der Waals surface area contributed by atoms with Crippen LogP contribution in [0, 0.1) is 19.8 Å². The van der Waals surface area contributed by atoms with Gasteiger partial charge in [0, 0.05) is 25.8 Å². The van der Waals surface area contributed by atoms with E-state index in [2.05, 4.69) is 0 Å². The summed E-state index contributed by atoms with van der Waals surface area (Å²) >= 11 is 0. The first-order chi connectivity index (χ1) is 9.86. The molecule has 0 bridgehead atoms. The molecular formula is C16H23NO4. The molecule has 0 aliphatic carbocycles. The van der Waals surface area contributed by atoms with Crippen LogP contribution in [0.1, 0.15) is 28.4 Å². The van der Waals surface area contributed by atoms with Gasteiger partial charge in [0.1, 0.15) is 0 Å². The Kier molecular flexibility index (Phi) is 6.37. The molecule has 0 spiro atoms. The van der Waals surface area contributed by atoms with E-state index in [9.17, 15) is 9.59 Å². The van der Waals surface area contributed by atoms with Crippen LogP contribution in [-0.2, 0) is 9.53 Å². The average Bonchev–Trinajstić information content (AvgIpc) is 2.45. The predicted octanol–water partition coefficient (Wildman–Crippen LogP) is 2.11. The van der Waals surface area contributed by atoms with E-state index in [-0.39, 0.29) is 12.5 Å². The highest BCUT2D eigenvalue weighted by atomic mass is 16.5. The molecular weight excluding hydrogens is 270 g/mol. The van der Waals surface area contributed by atoms with Crippen molar-refractivity contribution in [3.63, 3.8) is 0 Å². The highest BCUT2D eigenvalue weighted by Gasteiger charge is 2.21. The van der Waals surface area contributed by atoms with Crippen LogP contribution in [0.25, 0.3) is 0 Å². The van der Waals surface area contributed by atoms with Crippen LogP contribution in [-0.4, -0.2) is 48.7 Å². The number of hydrogen-bond acceptors (Lipinski definition) is 3. The van der Waals surface area contributed by atoms with Gasteiger partial charge >= 0.3 is 5.97 Å². The molecule has 0 aliphatic heterocycles. The molecule has 0 heterocycles. The van der Waals surface area contributed by atoms with Crippen molar-refractivity contribution in [2.24, 2.45) is 5.92 Å². The van der Waals surface area contributed by atoms with Gasteiger partial charge in [-0.15, -0.1) is 0 Å². The summed E-state index contributed by atoms with van der Waals surface area (Å²) in [6.07, 6.45) is 0. The third kappa shape index (κ3) is 4.86. The van der Waals surface area contributed by atoms with Crippen molar-refractivity contribution in [2.75, 3.05) is 26.8 Å². The summed E-state index contributed by atoms with van der Waals surface area (Å²) < 4.78 is 5.00. The van der Waals surface area contributed by atoms with Crippen molar-refractivity contribution in [1.29, 1.82) is 0 Å². The Morgan fingerprint density at radius 3 is 2.48 bits per heavy atom. The maximum Gasteiger partial charge on any atom is 0.308 e. The van der Waals surface area contributed by atoms with Crippen molar-refractivity contribution in [1.82, 2.24) is 4.90 Å². The van der Waals surface area contributed by atoms with Crippen molar-refractivity contribution in [3.05, 3.63) is 34.9 Å². The number of carboxylic acids is 1. The minimum atomic E-state index is -0.912. The second-order valence-corrected chi connectivity index (χ2v) is 5.28. The smallest absolute Gasteiger partial charge is 0.308 e. The van der Waals surface area contributed by atoms with Gasteiger partial charge in [0.05, 0.1) is 12.5 Å². The fourth-order valence-corrected chi connectivity index (χ4v) is 1.94. The van der Waals surface area contributed by atoms with Crippen molar-refractivity contribution in [3.8, 4) is 0 Å². The number of methoxy groups -OCH3 is 1. The molecule has 0 saturated heterocycles. The summed E-state index contributed by atoms with van der Waals surface area (Å²) in [4.78, 5) is 25.1. The molecule has 0 saturated carbocycles. The van der Waals surface area contributed by atoms with Crippen LogP contribution in [0.2, 0.25) is 0 Å². The molecule has 21 heavy (non-hydrogen) atoms. The van der Waals surface area contributed by atoms with Gasteiger partial charge in [-0.2, -0.15) is 0 Å². The highest BCUT2D eigenvalue weighted by Crippen LogP contribution is 2.13. The summed E-state index contributed by atoms with van der Waals surface area (Å²) in [7, 11) is 1.55. The Balaban J connectivity index is 2.92. The summed E-state index contributed by atoms with van der Waals surface area (Å²) in [6.45, 7) is 6.45.